The summed E-state index contributed by atoms with van der Waals surface area (Å²) < 4.78 is 19.2. The van der Waals surface area contributed by atoms with Crippen LogP contribution in [0.2, 0.25) is 0 Å². The highest BCUT2D eigenvalue weighted by Gasteiger charge is 2.18. The van der Waals surface area contributed by atoms with Gasteiger partial charge in [-0.1, -0.05) is 31.7 Å². The summed E-state index contributed by atoms with van der Waals surface area (Å²) >= 11 is 1.24. The van der Waals surface area contributed by atoms with E-state index in [-0.39, 0.29) is 17.5 Å². The second kappa shape index (κ2) is 10.3. The largest absolute Gasteiger partial charge is 0.457 e. The van der Waals surface area contributed by atoms with Crippen LogP contribution in [0.4, 0.5) is 10.1 Å². The van der Waals surface area contributed by atoms with Gasteiger partial charge in [0.15, 0.2) is 5.82 Å². The summed E-state index contributed by atoms with van der Waals surface area (Å²) in [7, 11) is 0. The van der Waals surface area contributed by atoms with Gasteiger partial charge in [0.25, 0.3) is 0 Å². The number of hydrogen-bond acceptors (Lipinski definition) is 6. The molecular weight excluding hydrogens is 441 g/mol. The molecule has 2 N–H and O–H groups in total. The molecule has 0 bridgehead atoms. The molecule has 2 aromatic carbocycles. The Bertz CT molecular complexity index is 1260. The maximum atomic E-state index is 13.4. The summed E-state index contributed by atoms with van der Waals surface area (Å²) in [6.07, 6.45) is 3.99. The number of benzene rings is 2. The van der Waals surface area contributed by atoms with Gasteiger partial charge >= 0.3 is 0 Å². The number of fused-ring (bicyclic) bond motifs is 2. The van der Waals surface area contributed by atoms with E-state index in [1.165, 1.54) is 23.9 Å². The minimum Gasteiger partial charge on any atom is -0.457 e. The average molecular weight is 464 g/mol. The van der Waals surface area contributed by atoms with Gasteiger partial charge in [0.2, 0.25) is 11.1 Å². The van der Waals surface area contributed by atoms with Crippen molar-refractivity contribution in [3.05, 3.63) is 77.9 Å². The summed E-state index contributed by atoms with van der Waals surface area (Å²) in [6.45, 7) is 4.00. The van der Waals surface area contributed by atoms with Crippen molar-refractivity contribution in [3.63, 3.8) is 0 Å². The summed E-state index contributed by atoms with van der Waals surface area (Å²) in [4.78, 5) is 20.8. The topological polar surface area (TPSA) is 92.8 Å². The highest BCUT2D eigenvalue weighted by Crippen LogP contribution is 2.38. The van der Waals surface area contributed by atoms with Crippen LogP contribution in [0.1, 0.15) is 25.0 Å². The molecule has 0 radical (unpaired) electrons. The van der Waals surface area contributed by atoms with Crippen molar-refractivity contribution < 1.29 is 13.9 Å². The summed E-state index contributed by atoms with van der Waals surface area (Å²) in [6, 6.07) is 13.6. The second-order valence-electron chi connectivity index (χ2n) is 6.90. The van der Waals surface area contributed by atoms with Crippen LogP contribution in [0.3, 0.4) is 0 Å². The number of H-pyrrole nitrogens is 1. The van der Waals surface area contributed by atoms with E-state index in [1.54, 1.807) is 30.6 Å². The highest BCUT2D eigenvalue weighted by atomic mass is 32.2. The van der Waals surface area contributed by atoms with Crippen molar-refractivity contribution in [1.29, 1.82) is 0 Å². The van der Waals surface area contributed by atoms with Gasteiger partial charge in [0, 0.05) is 41.7 Å². The Morgan fingerprint density at radius 1 is 1.15 bits per heavy atom. The molecule has 3 heterocycles. The molecule has 0 spiro atoms. The predicted octanol–water partition coefficient (Wildman–Crippen LogP) is 5.46. The van der Waals surface area contributed by atoms with Crippen LogP contribution in [-0.2, 0) is 11.2 Å². The number of carbonyl (C=O) groups excluding carboxylic acids is 1. The number of halogens is 1. The van der Waals surface area contributed by atoms with Crippen LogP contribution in [-0.4, -0.2) is 31.8 Å². The molecule has 9 heteroatoms. The number of nitrogens with one attached hydrogen (secondary N) is 2. The van der Waals surface area contributed by atoms with Crippen molar-refractivity contribution in [2.75, 3.05) is 11.1 Å². The number of nitrogens with zero attached hydrogens (tertiary/aromatic N) is 3. The molecule has 2 aromatic heterocycles. The minimum absolute atomic E-state index is 0.167. The Labute approximate surface area is 194 Å². The van der Waals surface area contributed by atoms with Gasteiger partial charge < -0.3 is 10.1 Å². The Hall–Kier alpha value is -3.72. The van der Waals surface area contributed by atoms with Crippen LogP contribution in [0.5, 0.6) is 11.5 Å². The zero-order valence-electron chi connectivity index (χ0n) is 18.1. The van der Waals surface area contributed by atoms with Crippen molar-refractivity contribution in [2.45, 2.75) is 25.4 Å². The first-order chi connectivity index (χ1) is 16.1. The zero-order chi connectivity index (χ0) is 23.2. The van der Waals surface area contributed by atoms with Gasteiger partial charge in [-0.25, -0.2) is 9.37 Å². The van der Waals surface area contributed by atoms with E-state index in [1.807, 2.05) is 32.0 Å². The van der Waals surface area contributed by atoms with Gasteiger partial charge in [-0.3, -0.25) is 14.9 Å². The number of aromatic amines is 1. The smallest absolute Gasteiger partial charge is 0.234 e. The lowest BCUT2D eigenvalue weighted by Crippen LogP contribution is -2.14. The van der Waals surface area contributed by atoms with Gasteiger partial charge in [-0.2, -0.15) is 0 Å². The number of rotatable bonds is 5. The maximum Gasteiger partial charge on any atom is 0.234 e. The maximum absolute atomic E-state index is 13.4. The van der Waals surface area contributed by atoms with Crippen LogP contribution < -0.4 is 10.1 Å². The van der Waals surface area contributed by atoms with Crippen molar-refractivity contribution >= 4 is 23.4 Å². The van der Waals surface area contributed by atoms with E-state index in [9.17, 15) is 9.18 Å². The van der Waals surface area contributed by atoms with E-state index in [0.29, 0.717) is 34.6 Å². The summed E-state index contributed by atoms with van der Waals surface area (Å²) in [5, 5.41) is 10.3. The highest BCUT2D eigenvalue weighted by molar-refractivity contribution is 7.99. The third kappa shape index (κ3) is 5.38. The van der Waals surface area contributed by atoms with Gasteiger partial charge in [-0.15, -0.1) is 5.10 Å². The lowest BCUT2D eigenvalue weighted by atomic mass is 10.00. The van der Waals surface area contributed by atoms with E-state index in [0.717, 1.165) is 16.7 Å². The summed E-state index contributed by atoms with van der Waals surface area (Å²) in [5.41, 5.74) is 3.33. The molecule has 168 valence electrons. The molecule has 33 heavy (non-hydrogen) atoms. The lowest BCUT2D eigenvalue weighted by Gasteiger charge is -2.21. The average Bonchev–Trinajstić information content (AvgIpc) is 3.33. The van der Waals surface area contributed by atoms with Crippen LogP contribution in [0.25, 0.3) is 11.4 Å². The van der Waals surface area contributed by atoms with Crippen molar-refractivity contribution in [3.8, 4) is 22.9 Å². The Balaban J connectivity index is 0.00000126. The second-order valence-corrected chi connectivity index (χ2v) is 7.84. The van der Waals surface area contributed by atoms with E-state index in [4.69, 9.17) is 4.74 Å². The van der Waals surface area contributed by atoms with Gasteiger partial charge in [0.05, 0.1) is 5.75 Å². The number of aromatic nitrogens is 4. The molecule has 0 aliphatic carbocycles. The minimum atomic E-state index is -0.331. The van der Waals surface area contributed by atoms with E-state index < -0.39 is 0 Å². The Morgan fingerprint density at radius 2 is 2.03 bits per heavy atom. The Morgan fingerprint density at radius 3 is 2.85 bits per heavy atom. The Kier molecular flexibility index (Phi) is 6.99. The van der Waals surface area contributed by atoms with Gasteiger partial charge in [0.1, 0.15) is 17.3 Å². The van der Waals surface area contributed by atoms with Crippen LogP contribution in [0.15, 0.2) is 66.1 Å². The van der Waals surface area contributed by atoms with Gasteiger partial charge in [-0.05, 0) is 42.0 Å². The predicted molar refractivity (Wildman–Crippen MR) is 126 cm³/mol. The molecule has 0 saturated carbocycles. The number of hydrogen-bond donors (Lipinski definition) is 2. The lowest BCUT2D eigenvalue weighted by molar-refractivity contribution is -0.113. The molecule has 0 saturated heterocycles. The monoisotopic (exact) mass is 463 g/mol. The van der Waals surface area contributed by atoms with E-state index in [2.05, 4.69) is 25.5 Å². The third-order valence-electron chi connectivity index (χ3n) is 4.71. The molecule has 1 aliphatic heterocycles. The molecule has 1 amide bonds. The van der Waals surface area contributed by atoms with Crippen LogP contribution >= 0.6 is 11.8 Å². The molecule has 0 atom stereocenters. The third-order valence-corrected chi connectivity index (χ3v) is 5.55. The molecule has 5 rings (SSSR count). The molecule has 4 aromatic rings. The number of thioether (sulfide) groups is 1. The first kappa shape index (κ1) is 22.5. The van der Waals surface area contributed by atoms with Crippen molar-refractivity contribution in [2.24, 2.45) is 0 Å². The standard InChI is InChI=1S/C22H16FN5O2S.C2H6/c23-16-4-3-13-8-15-9-17(5-6-18(15)30-19(13)10-16)25-20(29)12-31-22-26-21(27-28-22)14-2-1-7-24-11-14;1-2/h1-7,9-11H,8,12H2,(H,25,29)(H,26,27,28);1-2H3. The fourth-order valence-corrected chi connectivity index (χ4v) is 3.86. The summed E-state index contributed by atoms with van der Waals surface area (Å²) in [5.74, 6) is 1.46. The molecule has 7 nitrogen and oxygen atoms in total. The number of ether oxygens (including phenoxy) is 1. The molecule has 0 fully saturated rings. The SMILES string of the molecule is CC.O=C(CSc1n[nH]c(-c2cccnc2)n1)Nc1ccc2c(c1)Cc1ccc(F)cc1O2. The molecule has 1 aliphatic rings. The normalized spacial score (nSPS) is 11.4. The molecular formula is C24H22FN5O2S. The first-order valence-electron chi connectivity index (χ1n) is 10.5. The number of pyridine rings is 1. The fraction of sp³-hybridized carbons (Fsp3) is 0.167. The zero-order valence-corrected chi connectivity index (χ0v) is 18.9. The molecule has 0 unspecified atom stereocenters. The number of carbonyl (C=O) groups is 1. The van der Waals surface area contributed by atoms with Crippen LogP contribution in [0, 0.1) is 5.82 Å². The first-order valence-corrected chi connectivity index (χ1v) is 11.5. The fourth-order valence-electron chi connectivity index (χ4n) is 3.26. The van der Waals surface area contributed by atoms with Crippen molar-refractivity contribution in [1.82, 2.24) is 20.2 Å². The van der Waals surface area contributed by atoms with E-state index >= 15 is 0 Å². The number of amides is 1. The quantitative estimate of drug-likeness (QED) is 0.336. The number of anilines is 1.